The van der Waals surface area contributed by atoms with Gasteiger partial charge in [-0.15, -0.1) is 0 Å². The fraction of sp³-hybridized carbons (Fsp3) is 0.647. The van der Waals surface area contributed by atoms with E-state index in [0.29, 0.717) is 11.5 Å². The lowest BCUT2D eigenvalue weighted by atomic mass is 9.99. The van der Waals surface area contributed by atoms with E-state index >= 15 is 0 Å². The van der Waals surface area contributed by atoms with Crippen LogP contribution >= 0.6 is 0 Å². The van der Waals surface area contributed by atoms with Gasteiger partial charge in [0, 0.05) is 25.5 Å². The fourth-order valence-electron chi connectivity index (χ4n) is 2.26. The van der Waals surface area contributed by atoms with Gasteiger partial charge in [0.1, 0.15) is 0 Å². The van der Waals surface area contributed by atoms with Crippen LogP contribution in [0, 0.1) is 5.92 Å². The molecule has 0 fully saturated rings. The summed E-state index contributed by atoms with van der Waals surface area (Å²) in [7, 11) is 0. The van der Waals surface area contributed by atoms with Gasteiger partial charge in [0.2, 0.25) is 0 Å². The van der Waals surface area contributed by atoms with Gasteiger partial charge in [-0.25, -0.2) is 0 Å². The number of carbonyl (C=O) groups excluding carboxylic acids is 1. The average Bonchev–Trinajstić information content (AvgIpc) is 2.53. The van der Waals surface area contributed by atoms with Gasteiger partial charge >= 0.3 is 0 Å². The molecule has 0 spiro atoms. The topological polar surface area (TPSA) is 54.0 Å². The summed E-state index contributed by atoms with van der Waals surface area (Å²) in [5.74, 6) is 0.536. The van der Waals surface area contributed by atoms with Crippen LogP contribution in [0.1, 0.15) is 63.2 Å². The summed E-state index contributed by atoms with van der Waals surface area (Å²) in [6.45, 7) is 8.10. The predicted octanol–water partition coefficient (Wildman–Crippen LogP) is 3.85. The molecule has 0 aromatic carbocycles. The molecule has 0 aliphatic rings. The number of pyridine rings is 1. The highest BCUT2D eigenvalue weighted by molar-refractivity contribution is 5.99. The molecule has 1 amide bonds. The summed E-state index contributed by atoms with van der Waals surface area (Å²) in [5, 5.41) is 6.34. The molecular formula is C17H29N3O. The molecule has 0 aliphatic heterocycles. The lowest BCUT2D eigenvalue weighted by Gasteiger charge is -2.16. The van der Waals surface area contributed by atoms with E-state index in [1.54, 1.807) is 12.4 Å². The van der Waals surface area contributed by atoms with Crippen LogP contribution < -0.4 is 10.6 Å². The van der Waals surface area contributed by atoms with Crippen molar-refractivity contribution < 1.29 is 4.79 Å². The summed E-state index contributed by atoms with van der Waals surface area (Å²) in [6, 6.07) is 1.86. The van der Waals surface area contributed by atoms with E-state index in [9.17, 15) is 4.79 Å². The highest BCUT2D eigenvalue weighted by Crippen LogP contribution is 2.15. The van der Waals surface area contributed by atoms with Gasteiger partial charge in [-0.2, -0.15) is 0 Å². The molecule has 118 valence electrons. The zero-order valence-electron chi connectivity index (χ0n) is 13.6. The van der Waals surface area contributed by atoms with Gasteiger partial charge in [0.15, 0.2) is 0 Å². The first-order valence-electron chi connectivity index (χ1n) is 8.18. The Hall–Kier alpha value is -1.58. The van der Waals surface area contributed by atoms with E-state index in [1.165, 1.54) is 19.3 Å². The highest BCUT2D eigenvalue weighted by Gasteiger charge is 2.13. The summed E-state index contributed by atoms with van der Waals surface area (Å²) < 4.78 is 0. The molecule has 1 atom stereocenters. The zero-order chi connectivity index (χ0) is 15.5. The minimum atomic E-state index is -0.0309. The molecule has 0 saturated carbocycles. The molecule has 1 unspecified atom stereocenters. The molecule has 0 aliphatic carbocycles. The van der Waals surface area contributed by atoms with Crippen molar-refractivity contribution in [1.29, 1.82) is 0 Å². The summed E-state index contributed by atoms with van der Waals surface area (Å²) in [6.07, 6.45) is 9.10. The van der Waals surface area contributed by atoms with Crippen LogP contribution in [0.4, 0.5) is 5.69 Å². The third-order valence-corrected chi connectivity index (χ3v) is 3.73. The largest absolute Gasteiger partial charge is 0.384 e. The van der Waals surface area contributed by atoms with Crippen molar-refractivity contribution in [3.63, 3.8) is 0 Å². The normalized spacial score (nSPS) is 12.0. The smallest absolute Gasteiger partial charge is 0.254 e. The first-order chi connectivity index (χ1) is 10.2. The number of unbranched alkanes of at least 4 members (excludes halogenated alkanes) is 1. The SMILES string of the molecule is CCCCC(CC)CNC(=O)c1cnccc1NCCC. The van der Waals surface area contributed by atoms with Crippen molar-refractivity contribution in [2.45, 2.75) is 52.9 Å². The number of nitrogens with zero attached hydrogens (tertiary/aromatic N) is 1. The number of aromatic nitrogens is 1. The Morgan fingerprint density at radius 1 is 1.29 bits per heavy atom. The maximum atomic E-state index is 12.3. The quantitative estimate of drug-likeness (QED) is 0.688. The van der Waals surface area contributed by atoms with Crippen LogP contribution in [0.15, 0.2) is 18.5 Å². The number of hydrogen-bond acceptors (Lipinski definition) is 3. The molecule has 1 heterocycles. The molecule has 2 N–H and O–H groups in total. The van der Waals surface area contributed by atoms with Crippen LogP contribution in [0.25, 0.3) is 0 Å². The summed E-state index contributed by atoms with van der Waals surface area (Å²) in [5.41, 5.74) is 1.50. The second-order valence-electron chi connectivity index (χ2n) is 5.47. The van der Waals surface area contributed by atoms with Crippen molar-refractivity contribution in [1.82, 2.24) is 10.3 Å². The van der Waals surface area contributed by atoms with Gasteiger partial charge in [0.05, 0.1) is 11.3 Å². The van der Waals surface area contributed by atoms with Crippen molar-refractivity contribution in [2.75, 3.05) is 18.4 Å². The maximum absolute atomic E-state index is 12.3. The monoisotopic (exact) mass is 291 g/mol. The molecular weight excluding hydrogens is 262 g/mol. The van der Waals surface area contributed by atoms with Gasteiger partial charge in [-0.05, 0) is 24.8 Å². The third kappa shape index (κ3) is 6.15. The Bertz CT molecular complexity index is 420. The first-order valence-corrected chi connectivity index (χ1v) is 8.18. The second-order valence-corrected chi connectivity index (χ2v) is 5.47. The number of rotatable bonds is 10. The Morgan fingerprint density at radius 2 is 2.10 bits per heavy atom. The highest BCUT2D eigenvalue weighted by atomic mass is 16.1. The standard InChI is InChI=1S/C17H29N3O/c1-4-7-8-14(6-3)12-20-17(21)15-13-18-11-9-16(15)19-10-5-2/h9,11,13-14H,4-8,10,12H2,1-3H3,(H,18,19)(H,20,21). The number of anilines is 1. The number of nitrogens with one attached hydrogen (secondary N) is 2. The Labute approximate surface area is 128 Å². The van der Waals surface area contributed by atoms with Gasteiger partial charge in [-0.1, -0.05) is 40.0 Å². The predicted molar refractivity (Wildman–Crippen MR) is 88.7 cm³/mol. The first kappa shape index (κ1) is 17.5. The lowest BCUT2D eigenvalue weighted by Crippen LogP contribution is -2.30. The Morgan fingerprint density at radius 3 is 2.76 bits per heavy atom. The fourth-order valence-corrected chi connectivity index (χ4v) is 2.26. The summed E-state index contributed by atoms with van der Waals surface area (Å²) in [4.78, 5) is 16.4. The molecule has 1 aromatic rings. The van der Waals surface area contributed by atoms with Crippen molar-refractivity contribution in [3.05, 3.63) is 24.0 Å². The van der Waals surface area contributed by atoms with Crippen LogP contribution in [0.5, 0.6) is 0 Å². The van der Waals surface area contributed by atoms with Crippen LogP contribution in [-0.2, 0) is 0 Å². The maximum Gasteiger partial charge on any atom is 0.254 e. The number of amides is 1. The van der Waals surface area contributed by atoms with E-state index in [-0.39, 0.29) is 5.91 Å². The van der Waals surface area contributed by atoms with E-state index in [4.69, 9.17) is 0 Å². The average molecular weight is 291 g/mol. The minimum Gasteiger partial charge on any atom is -0.384 e. The third-order valence-electron chi connectivity index (χ3n) is 3.73. The van der Waals surface area contributed by atoms with Gasteiger partial charge in [-0.3, -0.25) is 9.78 Å². The molecule has 4 nitrogen and oxygen atoms in total. The molecule has 4 heteroatoms. The van der Waals surface area contributed by atoms with Crippen LogP contribution in [0.3, 0.4) is 0 Å². The molecule has 0 saturated heterocycles. The van der Waals surface area contributed by atoms with E-state index in [0.717, 1.165) is 31.6 Å². The molecule has 21 heavy (non-hydrogen) atoms. The molecule has 1 rings (SSSR count). The van der Waals surface area contributed by atoms with Crippen molar-refractivity contribution in [2.24, 2.45) is 5.92 Å². The minimum absolute atomic E-state index is 0.0309. The molecule has 0 bridgehead atoms. The Balaban J connectivity index is 2.58. The zero-order valence-corrected chi connectivity index (χ0v) is 13.6. The molecule has 1 aromatic heterocycles. The van der Waals surface area contributed by atoms with E-state index in [1.807, 2.05) is 6.07 Å². The van der Waals surface area contributed by atoms with Crippen LogP contribution in [0.2, 0.25) is 0 Å². The number of carbonyl (C=O) groups is 1. The Kier molecular flexibility index (Phi) is 8.48. The van der Waals surface area contributed by atoms with E-state index in [2.05, 4.69) is 36.4 Å². The van der Waals surface area contributed by atoms with Crippen molar-refractivity contribution in [3.8, 4) is 0 Å². The molecule has 0 radical (unpaired) electrons. The van der Waals surface area contributed by atoms with Gasteiger partial charge < -0.3 is 10.6 Å². The summed E-state index contributed by atoms with van der Waals surface area (Å²) >= 11 is 0. The lowest BCUT2D eigenvalue weighted by molar-refractivity contribution is 0.0946. The second kappa shape index (κ2) is 10.2. The van der Waals surface area contributed by atoms with E-state index < -0.39 is 0 Å². The van der Waals surface area contributed by atoms with Gasteiger partial charge in [0.25, 0.3) is 5.91 Å². The van der Waals surface area contributed by atoms with Crippen molar-refractivity contribution >= 4 is 11.6 Å². The van der Waals surface area contributed by atoms with Crippen LogP contribution in [-0.4, -0.2) is 24.0 Å². The number of hydrogen-bond donors (Lipinski definition) is 2.